The minimum absolute atomic E-state index is 0.443. The molecule has 0 amide bonds. The van der Waals surface area contributed by atoms with E-state index >= 15 is 0 Å². The molecule has 4 rings (SSSR count). The van der Waals surface area contributed by atoms with Crippen LogP contribution in [0.1, 0.15) is 113 Å². The van der Waals surface area contributed by atoms with Crippen LogP contribution in [0.5, 0.6) is 0 Å². The Labute approximate surface area is 292 Å². The third kappa shape index (κ3) is 16.5. The molecule has 7 nitrogen and oxygen atoms in total. The van der Waals surface area contributed by atoms with Crippen molar-refractivity contribution in [2.75, 3.05) is 98.5 Å². The monoisotopic (exact) mass is 665 g/mol. The minimum atomic E-state index is 0.443. The largest absolute Gasteiger partial charge is 0.381 e. The summed E-state index contributed by atoms with van der Waals surface area (Å²) in [5.74, 6) is 4.39. The summed E-state index contributed by atoms with van der Waals surface area (Å²) in [5.41, 5.74) is 0. The highest BCUT2D eigenvalue weighted by molar-refractivity contribution is 4.77. The van der Waals surface area contributed by atoms with E-state index in [1.54, 1.807) is 0 Å². The van der Waals surface area contributed by atoms with Crippen LogP contribution in [-0.2, 0) is 14.2 Å². The zero-order chi connectivity index (χ0) is 34.0. The molecule has 0 radical (unpaired) electrons. The predicted molar refractivity (Wildman–Crippen MR) is 199 cm³/mol. The van der Waals surface area contributed by atoms with Gasteiger partial charge in [-0.25, -0.2) is 0 Å². The molecule has 0 N–H and O–H groups in total. The Balaban J connectivity index is 0.000000256. The molecule has 0 saturated carbocycles. The number of ether oxygens (including phenoxy) is 3. The summed E-state index contributed by atoms with van der Waals surface area (Å²) in [5, 5.41) is 0. The highest BCUT2D eigenvalue weighted by Gasteiger charge is 2.24. The van der Waals surface area contributed by atoms with Crippen molar-refractivity contribution in [2.45, 2.75) is 131 Å². The normalized spacial score (nSPS) is 23.0. The van der Waals surface area contributed by atoms with E-state index in [1.165, 1.54) is 117 Å². The van der Waals surface area contributed by atoms with E-state index in [0.29, 0.717) is 18.2 Å². The molecular weight excluding hydrogens is 584 g/mol. The van der Waals surface area contributed by atoms with Crippen LogP contribution in [0.15, 0.2) is 0 Å². The van der Waals surface area contributed by atoms with Crippen molar-refractivity contribution in [1.82, 2.24) is 19.6 Å². The van der Waals surface area contributed by atoms with E-state index in [1.807, 2.05) is 0 Å². The highest BCUT2D eigenvalue weighted by atomic mass is 16.5. The van der Waals surface area contributed by atoms with Gasteiger partial charge in [0.2, 0.25) is 0 Å². The van der Waals surface area contributed by atoms with Crippen LogP contribution in [0.25, 0.3) is 0 Å². The first-order chi connectivity index (χ1) is 22.6. The van der Waals surface area contributed by atoms with Crippen LogP contribution in [0.3, 0.4) is 0 Å². The Morgan fingerprint density at radius 2 is 0.979 bits per heavy atom. The number of hydrogen-bond donors (Lipinski definition) is 0. The molecule has 0 aromatic carbocycles. The number of nitrogens with zero attached hydrogens (tertiary/aromatic N) is 4. The van der Waals surface area contributed by atoms with E-state index in [4.69, 9.17) is 14.2 Å². The topological polar surface area (TPSA) is 40.7 Å². The molecule has 278 valence electrons. The van der Waals surface area contributed by atoms with Gasteiger partial charge in [-0.15, -0.1) is 0 Å². The molecule has 4 saturated heterocycles. The van der Waals surface area contributed by atoms with Crippen molar-refractivity contribution in [1.29, 1.82) is 0 Å². The molecule has 4 heterocycles. The van der Waals surface area contributed by atoms with Gasteiger partial charge in [0.05, 0.1) is 25.9 Å². The number of piperidine rings is 4. The van der Waals surface area contributed by atoms with Gasteiger partial charge < -0.3 is 33.8 Å². The predicted octanol–water partition coefficient (Wildman–Crippen LogP) is 7.14. The van der Waals surface area contributed by atoms with E-state index in [-0.39, 0.29) is 0 Å². The molecule has 0 atom stereocenters. The summed E-state index contributed by atoms with van der Waals surface area (Å²) in [6, 6.07) is 1.37. The van der Waals surface area contributed by atoms with Crippen LogP contribution < -0.4 is 0 Å². The maximum absolute atomic E-state index is 5.98. The second-order valence-electron chi connectivity index (χ2n) is 16.7. The molecule has 4 aliphatic heterocycles. The van der Waals surface area contributed by atoms with E-state index in [0.717, 1.165) is 69.2 Å². The number of likely N-dealkylation sites (tertiary alicyclic amines) is 4. The first kappa shape index (κ1) is 41.1. The molecule has 0 spiro atoms. The van der Waals surface area contributed by atoms with Crippen molar-refractivity contribution >= 4 is 0 Å². The first-order valence-electron chi connectivity index (χ1n) is 20.3. The third-order valence-corrected chi connectivity index (χ3v) is 12.0. The highest BCUT2D eigenvalue weighted by Crippen LogP contribution is 2.25. The first-order valence-corrected chi connectivity index (χ1v) is 20.3. The molecule has 0 aromatic rings. The summed E-state index contributed by atoms with van der Waals surface area (Å²) >= 11 is 0. The quantitative estimate of drug-likeness (QED) is 0.153. The molecular formula is C40H80N4O3. The second-order valence-corrected chi connectivity index (χ2v) is 16.7. The second kappa shape index (κ2) is 23.2. The SMILES string of the molecule is CC(C)C1CCN(CCCOCC2CCN(C(C)C)CC2)CC1.CC(C)C1CCN(CCOCCOC2CCN(C(C)C)CC2)CC1. The van der Waals surface area contributed by atoms with Gasteiger partial charge in [0.25, 0.3) is 0 Å². The number of hydrogen-bond acceptors (Lipinski definition) is 7. The van der Waals surface area contributed by atoms with Gasteiger partial charge >= 0.3 is 0 Å². The summed E-state index contributed by atoms with van der Waals surface area (Å²) in [6.07, 6.45) is 12.1. The Morgan fingerprint density at radius 1 is 0.489 bits per heavy atom. The summed E-state index contributed by atoms with van der Waals surface area (Å²) in [6.45, 7) is 35.2. The fraction of sp³-hybridized carbons (Fsp3) is 1.00. The van der Waals surface area contributed by atoms with Crippen LogP contribution in [0.4, 0.5) is 0 Å². The third-order valence-electron chi connectivity index (χ3n) is 12.0. The average Bonchev–Trinajstić information content (AvgIpc) is 3.07. The van der Waals surface area contributed by atoms with Crippen LogP contribution in [0.2, 0.25) is 0 Å². The fourth-order valence-corrected chi connectivity index (χ4v) is 8.09. The molecule has 0 aliphatic carbocycles. The Kier molecular flexibility index (Phi) is 20.3. The van der Waals surface area contributed by atoms with Crippen molar-refractivity contribution in [2.24, 2.45) is 29.6 Å². The van der Waals surface area contributed by atoms with Gasteiger partial charge in [-0.3, -0.25) is 0 Å². The molecule has 0 aromatic heterocycles. The number of rotatable bonds is 17. The van der Waals surface area contributed by atoms with E-state index in [2.05, 4.69) is 75.0 Å². The fourth-order valence-electron chi connectivity index (χ4n) is 8.09. The van der Waals surface area contributed by atoms with Crippen molar-refractivity contribution in [3.63, 3.8) is 0 Å². The molecule has 0 unspecified atom stereocenters. The smallest absolute Gasteiger partial charge is 0.0704 e. The lowest BCUT2D eigenvalue weighted by Crippen LogP contribution is -2.41. The molecule has 4 aliphatic rings. The van der Waals surface area contributed by atoms with Gasteiger partial charge in [-0.1, -0.05) is 27.7 Å². The lowest BCUT2D eigenvalue weighted by atomic mass is 9.87. The molecule has 47 heavy (non-hydrogen) atoms. The van der Waals surface area contributed by atoms with Gasteiger partial charge in [0.1, 0.15) is 0 Å². The average molecular weight is 665 g/mol. The van der Waals surface area contributed by atoms with Crippen molar-refractivity contribution < 1.29 is 14.2 Å². The summed E-state index contributed by atoms with van der Waals surface area (Å²) in [7, 11) is 0. The summed E-state index contributed by atoms with van der Waals surface area (Å²) in [4.78, 5) is 10.3. The van der Waals surface area contributed by atoms with E-state index < -0.39 is 0 Å². The maximum Gasteiger partial charge on any atom is 0.0704 e. The molecule has 0 bridgehead atoms. The minimum Gasteiger partial charge on any atom is -0.381 e. The Hall–Kier alpha value is -0.280. The molecule has 4 fully saturated rings. The van der Waals surface area contributed by atoms with Gasteiger partial charge in [-0.2, -0.15) is 0 Å². The van der Waals surface area contributed by atoms with Gasteiger partial charge in [0, 0.05) is 51.5 Å². The Morgan fingerprint density at radius 3 is 1.47 bits per heavy atom. The lowest BCUT2D eigenvalue weighted by Gasteiger charge is -2.34. The zero-order valence-electron chi connectivity index (χ0n) is 32.6. The van der Waals surface area contributed by atoms with Gasteiger partial charge in [-0.05, 0) is 154 Å². The molecule has 7 heteroatoms. The Bertz CT molecular complexity index is 687. The van der Waals surface area contributed by atoms with Crippen LogP contribution in [0, 0.1) is 29.6 Å². The van der Waals surface area contributed by atoms with E-state index in [9.17, 15) is 0 Å². The van der Waals surface area contributed by atoms with Crippen LogP contribution in [-0.4, -0.2) is 136 Å². The lowest BCUT2D eigenvalue weighted by molar-refractivity contribution is -0.0289. The van der Waals surface area contributed by atoms with Crippen molar-refractivity contribution in [3.8, 4) is 0 Å². The van der Waals surface area contributed by atoms with Crippen molar-refractivity contribution in [3.05, 3.63) is 0 Å². The zero-order valence-corrected chi connectivity index (χ0v) is 32.6. The van der Waals surface area contributed by atoms with Gasteiger partial charge in [0.15, 0.2) is 0 Å². The standard InChI is InChI=1S/C20H40N2O2.C20H40N2O/c1-17(2)19-5-9-21(10-6-19)13-14-23-15-16-24-20-7-11-22(12-8-20)18(3)4;1-17(2)20-8-11-21(12-9-20)10-5-15-23-16-19-6-13-22(14-7-19)18(3)4/h17-20H,5-16H2,1-4H3;17-20H,5-16H2,1-4H3. The van der Waals surface area contributed by atoms with Crippen LogP contribution >= 0.6 is 0 Å². The summed E-state index contributed by atoms with van der Waals surface area (Å²) < 4.78 is 17.7. The maximum atomic E-state index is 5.98.